The summed E-state index contributed by atoms with van der Waals surface area (Å²) in [5.41, 5.74) is 3.10. The Kier molecular flexibility index (Phi) is 7.52. The number of carbonyl (C=O) groups excluding carboxylic acids is 2. The number of rotatable bonds is 8. The molecule has 0 radical (unpaired) electrons. The van der Waals surface area contributed by atoms with E-state index in [1.54, 1.807) is 25.1 Å². The topological polar surface area (TPSA) is 74.2 Å². The number of hydrazone groups is 1. The Hall–Kier alpha value is -4.04. The summed E-state index contributed by atoms with van der Waals surface area (Å²) in [5.74, 6) is -0.264. The number of nitrogens with one attached hydrogen (secondary N) is 1. The van der Waals surface area contributed by atoms with Crippen LogP contribution in [0.15, 0.2) is 84.0 Å². The first-order chi connectivity index (χ1) is 16.9. The Balaban J connectivity index is 1.46. The molecule has 1 unspecified atom stereocenters. The van der Waals surface area contributed by atoms with Crippen LogP contribution in [0.25, 0.3) is 0 Å². The molecule has 180 valence electrons. The smallest absolute Gasteiger partial charge is 0.257 e. The van der Waals surface area contributed by atoms with Gasteiger partial charge in [-0.15, -0.1) is 0 Å². The van der Waals surface area contributed by atoms with Crippen molar-refractivity contribution in [1.82, 2.24) is 9.91 Å². The lowest BCUT2D eigenvalue weighted by atomic mass is 9.98. The molecule has 0 fully saturated rings. The number of nitrogens with zero attached hydrogens (tertiary/aromatic N) is 3. The summed E-state index contributed by atoms with van der Waals surface area (Å²) in [6.45, 7) is -0.0344. The number of hydrogen-bond donors (Lipinski definition) is 1. The monoisotopic (exact) mass is 474 g/mol. The van der Waals surface area contributed by atoms with Crippen LogP contribution in [0.1, 0.15) is 23.6 Å². The SMILES string of the molecule is COc1ccc(C2CC(c3ccccc3)=NN2C(=O)CN(C)CC(=O)Nc2cccc(F)c2)cc1. The molecule has 8 heteroatoms. The molecule has 3 aromatic rings. The number of ether oxygens (including phenoxy) is 1. The fourth-order valence-corrected chi connectivity index (χ4v) is 4.00. The van der Waals surface area contributed by atoms with Gasteiger partial charge in [0.15, 0.2) is 0 Å². The summed E-state index contributed by atoms with van der Waals surface area (Å²) in [6, 6.07) is 22.8. The van der Waals surface area contributed by atoms with Crippen LogP contribution in [-0.4, -0.2) is 54.7 Å². The van der Waals surface area contributed by atoms with Gasteiger partial charge in [0.1, 0.15) is 11.6 Å². The van der Waals surface area contributed by atoms with E-state index in [9.17, 15) is 14.0 Å². The number of methoxy groups -OCH3 is 1. The summed E-state index contributed by atoms with van der Waals surface area (Å²) >= 11 is 0. The molecule has 0 aromatic heterocycles. The Morgan fingerprint density at radius 1 is 1.06 bits per heavy atom. The average molecular weight is 475 g/mol. The third-order valence-corrected chi connectivity index (χ3v) is 5.70. The lowest BCUT2D eigenvalue weighted by Gasteiger charge is -2.24. The van der Waals surface area contributed by atoms with Crippen LogP contribution in [0.2, 0.25) is 0 Å². The van der Waals surface area contributed by atoms with Crippen molar-refractivity contribution >= 4 is 23.2 Å². The Labute approximate surface area is 203 Å². The van der Waals surface area contributed by atoms with E-state index in [0.717, 1.165) is 22.6 Å². The van der Waals surface area contributed by atoms with Crippen LogP contribution in [0.3, 0.4) is 0 Å². The first-order valence-corrected chi connectivity index (χ1v) is 11.3. The second-order valence-electron chi connectivity index (χ2n) is 8.37. The van der Waals surface area contributed by atoms with Crippen molar-refractivity contribution in [2.75, 3.05) is 32.6 Å². The Bertz CT molecular complexity index is 1210. The van der Waals surface area contributed by atoms with E-state index in [0.29, 0.717) is 12.1 Å². The number of anilines is 1. The largest absolute Gasteiger partial charge is 0.497 e. The van der Waals surface area contributed by atoms with Crippen molar-refractivity contribution in [3.05, 3.63) is 95.8 Å². The minimum absolute atomic E-state index is 0.00516. The third-order valence-electron chi connectivity index (χ3n) is 5.70. The molecule has 3 aromatic carbocycles. The summed E-state index contributed by atoms with van der Waals surface area (Å²) in [7, 11) is 3.29. The normalized spacial score (nSPS) is 15.1. The van der Waals surface area contributed by atoms with Gasteiger partial charge >= 0.3 is 0 Å². The summed E-state index contributed by atoms with van der Waals surface area (Å²) < 4.78 is 18.6. The summed E-state index contributed by atoms with van der Waals surface area (Å²) in [4.78, 5) is 27.3. The second-order valence-corrected chi connectivity index (χ2v) is 8.37. The van der Waals surface area contributed by atoms with Gasteiger partial charge in [0.2, 0.25) is 5.91 Å². The number of halogens is 1. The second kappa shape index (κ2) is 10.9. The van der Waals surface area contributed by atoms with Crippen molar-refractivity contribution in [2.24, 2.45) is 5.10 Å². The molecule has 0 bridgehead atoms. The van der Waals surface area contributed by atoms with Crippen molar-refractivity contribution in [1.29, 1.82) is 0 Å². The van der Waals surface area contributed by atoms with Gasteiger partial charge in [-0.2, -0.15) is 5.10 Å². The Morgan fingerprint density at radius 3 is 2.49 bits per heavy atom. The quantitative estimate of drug-likeness (QED) is 0.534. The fourth-order valence-electron chi connectivity index (χ4n) is 4.00. The first kappa shape index (κ1) is 24.1. The highest BCUT2D eigenvalue weighted by Crippen LogP contribution is 2.33. The number of benzene rings is 3. The summed E-state index contributed by atoms with van der Waals surface area (Å²) in [5, 5.41) is 8.82. The number of likely N-dealkylation sites (N-methyl/N-ethyl adjacent to an activating group) is 1. The van der Waals surface area contributed by atoms with Crippen LogP contribution in [0, 0.1) is 5.82 Å². The highest BCUT2D eigenvalue weighted by atomic mass is 19.1. The van der Waals surface area contributed by atoms with Gasteiger partial charge in [-0.25, -0.2) is 9.40 Å². The van der Waals surface area contributed by atoms with Crippen LogP contribution in [0.4, 0.5) is 10.1 Å². The molecule has 35 heavy (non-hydrogen) atoms. The molecule has 0 aliphatic carbocycles. The maximum atomic E-state index is 13.4. The van der Waals surface area contributed by atoms with Crippen molar-refractivity contribution in [3.63, 3.8) is 0 Å². The van der Waals surface area contributed by atoms with Crippen LogP contribution in [0.5, 0.6) is 5.75 Å². The predicted octanol–water partition coefficient (Wildman–Crippen LogP) is 4.08. The molecule has 0 spiro atoms. The van der Waals surface area contributed by atoms with Gasteiger partial charge in [0.25, 0.3) is 5.91 Å². The average Bonchev–Trinajstić information content (AvgIpc) is 3.30. The van der Waals surface area contributed by atoms with E-state index < -0.39 is 5.82 Å². The number of amides is 2. The van der Waals surface area contributed by atoms with Gasteiger partial charge in [-0.05, 0) is 48.5 Å². The van der Waals surface area contributed by atoms with Gasteiger partial charge in [-0.1, -0.05) is 48.5 Å². The molecule has 0 saturated heterocycles. The van der Waals surface area contributed by atoms with Gasteiger partial charge < -0.3 is 10.1 Å². The third kappa shape index (κ3) is 6.10. The van der Waals surface area contributed by atoms with Gasteiger partial charge in [-0.3, -0.25) is 14.5 Å². The maximum absolute atomic E-state index is 13.4. The van der Waals surface area contributed by atoms with Gasteiger partial charge in [0.05, 0.1) is 32.0 Å². The molecular weight excluding hydrogens is 447 g/mol. The zero-order valence-corrected chi connectivity index (χ0v) is 19.6. The van der Waals surface area contributed by atoms with Crippen LogP contribution in [-0.2, 0) is 9.59 Å². The van der Waals surface area contributed by atoms with E-state index in [4.69, 9.17) is 4.74 Å². The number of hydrogen-bond acceptors (Lipinski definition) is 5. The van der Waals surface area contributed by atoms with Crippen molar-refractivity contribution < 1.29 is 18.7 Å². The van der Waals surface area contributed by atoms with E-state index >= 15 is 0 Å². The molecule has 4 rings (SSSR count). The lowest BCUT2D eigenvalue weighted by molar-refractivity contribution is -0.134. The first-order valence-electron chi connectivity index (χ1n) is 11.3. The van der Waals surface area contributed by atoms with E-state index in [2.05, 4.69) is 10.4 Å². The fraction of sp³-hybridized carbons (Fsp3) is 0.222. The molecule has 1 atom stereocenters. The number of carbonyl (C=O) groups is 2. The summed E-state index contributed by atoms with van der Waals surface area (Å²) in [6.07, 6.45) is 0.575. The molecule has 7 nitrogen and oxygen atoms in total. The van der Waals surface area contributed by atoms with E-state index in [-0.39, 0.29) is 30.9 Å². The molecule has 1 N–H and O–H groups in total. The minimum atomic E-state index is -0.433. The highest BCUT2D eigenvalue weighted by Gasteiger charge is 2.33. The molecule has 1 aliphatic heterocycles. The zero-order chi connectivity index (χ0) is 24.8. The maximum Gasteiger partial charge on any atom is 0.257 e. The lowest BCUT2D eigenvalue weighted by Crippen LogP contribution is -2.39. The van der Waals surface area contributed by atoms with Crippen molar-refractivity contribution in [3.8, 4) is 5.75 Å². The standard InChI is InChI=1S/C27H27FN4O3/c1-31(17-26(33)29-22-10-6-9-21(28)15-22)18-27(34)32-25(20-11-13-23(35-2)14-12-20)16-24(30-32)19-7-4-3-5-8-19/h3-15,25H,16-18H2,1-2H3,(H,29,33). The minimum Gasteiger partial charge on any atom is -0.497 e. The molecule has 1 heterocycles. The molecule has 1 aliphatic rings. The van der Waals surface area contributed by atoms with Gasteiger partial charge in [0, 0.05) is 12.1 Å². The Morgan fingerprint density at radius 2 is 1.80 bits per heavy atom. The molecule has 2 amide bonds. The van der Waals surface area contributed by atoms with Crippen LogP contribution < -0.4 is 10.1 Å². The highest BCUT2D eigenvalue weighted by molar-refractivity contribution is 6.03. The molecule has 0 saturated carbocycles. The zero-order valence-electron chi connectivity index (χ0n) is 19.6. The van der Waals surface area contributed by atoms with E-state index in [1.165, 1.54) is 23.2 Å². The van der Waals surface area contributed by atoms with E-state index in [1.807, 2.05) is 54.6 Å². The van der Waals surface area contributed by atoms with Crippen molar-refractivity contribution in [2.45, 2.75) is 12.5 Å². The van der Waals surface area contributed by atoms with Crippen LogP contribution >= 0.6 is 0 Å². The predicted molar refractivity (Wildman–Crippen MR) is 133 cm³/mol. The molecular formula is C27H27FN4O3.